The van der Waals surface area contributed by atoms with E-state index < -0.39 is 0 Å². The molecule has 0 bridgehead atoms. The predicted molar refractivity (Wildman–Crippen MR) is 111 cm³/mol. The highest BCUT2D eigenvalue weighted by Gasteiger charge is 2.26. The van der Waals surface area contributed by atoms with E-state index in [0.29, 0.717) is 12.6 Å². The number of hydrogen-bond acceptors (Lipinski definition) is 4. The van der Waals surface area contributed by atoms with Gasteiger partial charge in [0, 0.05) is 31.7 Å². The molecule has 1 aromatic carbocycles. The predicted octanol–water partition coefficient (Wildman–Crippen LogP) is 3.15. The van der Waals surface area contributed by atoms with E-state index in [9.17, 15) is 4.79 Å². The summed E-state index contributed by atoms with van der Waals surface area (Å²) in [6, 6.07) is 11.4. The van der Waals surface area contributed by atoms with E-state index in [1.165, 1.54) is 24.0 Å². The molecule has 1 atom stereocenters. The first kappa shape index (κ1) is 19.2. The lowest BCUT2D eigenvalue weighted by Crippen LogP contribution is -2.48. The van der Waals surface area contributed by atoms with Gasteiger partial charge in [-0.15, -0.1) is 0 Å². The maximum Gasteiger partial charge on any atom is 0.239 e. The molecule has 1 unspecified atom stereocenters. The highest BCUT2D eigenvalue weighted by atomic mass is 16.2. The molecule has 0 spiro atoms. The van der Waals surface area contributed by atoms with E-state index in [4.69, 9.17) is 0 Å². The van der Waals surface area contributed by atoms with Gasteiger partial charge in [0.2, 0.25) is 5.91 Å². The van der Waals surface area contributed by atoms with Crippen molar-refractivity contribution in [2.75, 3.05) is 31.5 Å². The monoisotopic (exact) mass is 381 g/mol. The van der Waals surface area contributed by atoms with Crippen LogP contribution in [0.5, 0.6) is 0 Å². The number of carbonyl (C=O) groups is 1. The molecule has 1 saturated carbocycles. The molecule has 1 amide bonds. The molecule has 4 rings (SSSR count). The van der Waals surface area contributed by atoms with E-state index in [-0.39, 0.29) is 11.9 Å². The SMILES string of the molecule is CCc1ccc(C2CNCCN2CC(=O)Nc2ccnn2C2CCCC2)cc1. The van der Waals surface area contributed by atoms with Gasteiger partial charge < -0.3 is 10.6 Å². The van der Waals surface area contributed by atoms with Gasteiger partial charge in [0.1, 0.15) is 5.82 Å². The van der Waals surface area contributed by atoms with Gasteiger partial charge in [-0.3, -0.25) is 9.69 Å². The van der Waals surface area contributed by atoms with Crippen LogP contribution in [0.15, 0.2) is 36.5 Å². The van der Waals surface area contributed by atoms with Crippen LogP contribution in [-0.4, -0.2) is 46.8 Å². The summed E-state index contributed by atoms with van der Waals surface area (Å²) in [7, 11) is 0. The fourth-order valence-corrected chi connectivity index (χ4v) is 4.46. The van der Waals surface area contributed by atoms with Crippen molar-refractivity contribution >= 4 is 11.7 Å². The third-order valence-corrected chi connectivity index (χ3v) is 6.08. The van der Waals surface area contributed by atoms with Gasteiger partial charge in [0.05, 0.1) is 18.8 Å². The van der Waals surface area contributed by atoms with Gasteiger partial charge in [-0.05, 0) is 30.4 Å². The smallest absolute Gasteiger partial charge is 0.239 e. The minimum absolute atomic E-state index is 0.0387. The van der Waals surface area contributed by atoms with Gasteiger partial charge in [0.15, 0.2) is 0 Å². The molecule has 2 fully saturated rings. The molecule has 2 heterocycles. The molecule has 1 saturated heterocycles. The van der Waals surface area contributed by atoms with Crippen molar-refractivity contribution in [2.45, 2.75) is 51.1 Å². The molecule has 6 heteroatoms. The quantitative estimate of drug-likeness (QED) is 0.807. The molecule has 1 aliphatic heterocycles. The molecule has 2 aliphatic rings. The second-order valence-electron chi connectivity index (χ2n) is 7.93. The van der Waals surface area contributed by atoms with E-state index in [0.717, 1.165) is 44.7 Å². The van der Waals surface area contributed by atoms with Crippen molar-refractivity contribution in [2.24, 2.45) is 0 Å². The Balaban J connectivity index is 1.41. The van der Waals surface area contributed by atoms with E-state index in [1.807, 2.05) is 10.7 Å². The number of aromatic nitrogens is 2. The Morgan fingerprint density at radius 3 is 2.75 bits per heavy atom. The second-order valence-corrected chi connectivity index (χ2v) is 7.93. The summed E-state index contributed by atoms with van der Waals surface area (Å²) in [5, 5.41) is 11.0. The summed E-state index contributed by atoms with van der Waals surface area (Å²) in [5.41, 5.74) is 2.62. The minimum Gasteiger partial charge on any atom is -0.314 e. The minimum atomic E-state index is 0.0387. The van der Waals surface area contributed by atoms with Crippen LogP contribution in [0.4, 0.5) is 5.82 Å². The molecule has 28 heavy (non-hydrogen) atoms. The van der Waals surface area contributed by atoms with Gasteiger partial charge in [-0.25, -0.2) is 4.68 Å². The van der Waals surface area contributed by atoms with Crippen molar-refractivity contribution < 1.29 is 4.79 Å². The number of carbonyl (C=O) groups excluding carboxylic acids is 1. The third kappa shape index (κ3) is 4.28. The molecule has 1 aliphatic carbocycles. The summed E-state index contributed by atoms with van der Waals surface area (Å²) >= 11 is 0. The molecule has 2 aromatic rings. The van der Waals surface area contributed by atoms with Crippen LogP contribution in [0.3, 0.4) is 0 Å². The lowest BCUT2D eigenvalue weighted by molar-refractivity contribution is -0.118. The normalized spacial score (nSPS) is 21.1. The van der Waals surface area contributed by atoms with E-state index in [1.54, 1.807) is 6.20 Å². The largest absolute Gasteiger partial charge is 0.314 e. The van der Waals surface area contributed by atoms with Crippen LogP contribution >= 0.6 is 0 Å². The number of aryl methyl sites for hydroxylation is 1. The number of rotatable bonds is 6. The number of benzene rings is 1. The number of piperazine rings is 1. The number of anilines is 1. The van der Waals surface area contributed by atoms with Crippen molar-refractivity contribution in [1.29, 1.82) is 0 Å². The number of hydrogen-bond donors (Lipinski definition) is 2. The average molecular weight is 382 g/mol. The lowest BCUT2D eigenvalue weighted by Gasteiger charge is -2.36. The zero-order valence-corrected chi connectivity index (χ0v) is 16.7. The molecule has 1 aromatic heterocycles. The lowest BCUT2D eigenvalue weighted by atomic mass is 10.0. The maximum absolute atomic E-state index is 12.8. The maximum atomic E-state index is 12.8. The Morgan fingerprint density at radius 1 is 1.21 bits per heavy atom. The first-order valence-corrected chi connectivity index (χ1v) is 10.6. The second kappa shape index (κ2) is 8.88. The fourth-order valence-electron chi connectivity index (χ4n) is 4.46. The van der Waals surface area contributed by atoms with Crippen molar-refractivity contribution in [3.63, 3.8) is 0 Å². The van der Waals surface area contributed by atoms with Crippen LogP contribution in [0, 0.1) is 0 Å². The Labute approximate surface area is 167 Å². The Kier molecular flexibility index (Phi) is 6.07. The van der Waals surface area contributed by atoms with Crippen LogP contribution < -0.4 is 10.6 Å². The Bertz CT molecular complexity index is 778. The number of amides is 1. The zero-order chi connectivity index (χ0) is 19.3. The van der Waals surface area contributed by atoms with Gasteiger partial charge >= 0.3 is 0 Å². The molecule has 2 N–H and O–H groups in total. The molecular formula is C22H31N5O. The van der Waals surface area contributed by atoms with Gasteiger partial charge in [-0.1, -0.05) is 44.0 Å². The summed E-state index contributed by atoms with van der Waals surface area (Å²) in [4.78, 5) is 15.1. The van der Waals surface area contributed by atoms with Crippen molar-refractivity contribution in [3.8, 4) is 0 Å². The van der Waals surface area contributed by atoms with Crippen molar-refractivity contribution in [1.82, 2.24) is 20.0 Å². The Morgan fingerprint density at radius 2 is 2.00 bits per heavy atom. The van der Waals surface area contributed by atoms with Crippen LogP contribution in [-0.2, 0) is 11.2 Å². The summed E-state index contributed by atoms with van der Waals surface area (Å²) in [5.74, 6) is 0.868. The van der Waals surface area contributed by atoms with E-state index >= 15 is 0 Å². The zero-order valence-electron chi connectivity index (χ0n) is 16.7. The highest BCUT2D eigenvalue weighted by Crippen LogP contribution is 2.31. The summed E-state index contributed by atoms with van der Waals surface area (Å²) in [6.45, 7) is 5.23. The van der Waals surface area contributed by atoms with Gasteiger partial charge in [0.25, 0.3) is 0 Å². The first-order chi connectivity index (χ1) is 13.7. The molecule has 150 valence electrons. The topological polar surface area (TPSA) is 62.2 Å². The summed E-state index contributed by atoms with van der Waals surface area (Å²) in [6.07, 6.45) is 7.63. The van der Waals surface area contributed by atoms with Crippen LogP contribution in [0.2, 0.25) is 0 Å². The average Bonchev–Trinajstić information content (AvgIpc) is 3.40. The van der Waals surface area contributed by atoms with E-state index in [2.05, 4.69) is 51.8 Å². The molecule has 0 radical (unpaired) electrons. The summed E-state index contributed by atoms with van der Waals surface area (Å²) < 4.78 is 2.00. The number of nitrogens with one attached hydrogen (secondary N) is 2. The molecule has 6 nitrogen and oxygen atoms in total. The van der Waals surface area contributed by atoms with Crippen LogP contribution in [0.1, 0.15) is 55.8 Å². The Hall–Kier alpha value is -2.18. The standard InChI is InChI=1S/C22H31N5O/c1-2-17-7-9-18(10-8-17)20-15-23-13-14-26(20)16-22(28)25-21-11-12-24-27(21)19-5-3-4-6-19/h7-12,19-20,23H,2-6,13-16H2,1H3,(H,25,28). The van der Waals surface area contributed by atoms with Gasteiger partial charge in [-0.2, -0.15) is 5.10 Å². The van der Waals surface area contributed by atoms with Crippen molar-refractivity contribution in [3.05, 3.63) is 47.7 Å². The highest BCUT2D eigenvalue weighted by molar-refractivity contribution is 5.91. The first-order valence-electron chi connectivity index (χ1n) is 10.6. The molecular weight excluding hydrogens is 350 g/mol. The third-order valence-electron chi connectivity index (χ3n) is 6.08. The fraction of sp³-hybridized carbons (Fsp3) is 0.545. The number of nitrogens with zero attached hydrogens (tertiary/aromatic N) is 3. The van der Waals surface area contributed by atoms with Crippen LogP contribution in [0.25, 0.3) is 0 Å².